The van der Waals surface area contributed by atoms with Crippen molar-refractivity contribution in [2.45, 2.75) is 18.9 Å². The SMILES string of the molecule is C#CCOC1C#CCC=CC1. The number of ether oxygens (including phenoxy) is 1. The van der Waals surface area contributed by atoms with E-state index in [1.165, 1.54) is 0 Å². The second-order valence-electron chi connectivity index (χ2n) is 2.24. The zero-order valence-electron chi connectivity index (χ0n) is 6.34. The Kier molecular flexibility index (Phi) is 3.32. The summed E-state index contributed by atoms with van der Waals surface area (Å²) < 4.78 is 5.25. The van der Waals surface area contributed by atoms with Crippen LogP contribution in [0.5, 0.6) is 0 Å². The Balaban J connectivity index is 2.37. The molecule has 11 heavy (non-hydrogen) atoms. The number of terminal acetylenes is 1. The third-order valence-corrected chi connectivity index (χ3v) is 1.37. The van der Waals surface area contributed by atoms with Crippen molar-refractivity contribution in [3.8, 4) is 24.2 Å². The van der Waals surface area contributed by atoms with Crippen LogP contribution >= 0.6 is 0 Å². The first-order valence-corrected chi connectivity index (χ1v) is 3.62. The molecule has 1 rings (SSSR count). The number of rotatable bonds is 2. The molecular formula is C10H10O. The molecule has 0 saturated carbocycles. The molecule has 0 N–H and O–H groups in total. The van der Waals surface area contributed by atoms with Gasteiger partial charge < -0.3 is 4.74 Å². The summed E-state index contributed by atoms with van der Waals surface area (Å²) in [5.74, 6) is 8.38. The van der Waals surface area contributed by atoms with Crippen LogP contribution in [-0.4, -0.2) is 12.7 Å². The van der Waals surface area contributed by atoms with Crippen LogP contribution in [0.15, 0.2) is 12.2 Å². The fraction of sp³-hybridized carbons (Fsp3) is 0.400. The highest BCUT2D eigenvalue weighted by molar-refractivity contribution is 5.14. The smallest absolute Gasteiger partial charge is 0.122 e. The third kappa shape index (κ3) is 2.94. The lowest BCUT2D eigenvalue weighted by Crippen LogP contribution is -2.08. The summed E-state index contributed by atoms with van der Waals surface area (Å²) in [7, 11) is 0. The molecule has 0 aromatic rings. The molecule has 1 aliphatic carbocycles. The molecule has 0 aromatic carbocycles. The average molecular weight is 146 g/mol. The Labute approximate surface area is 67.4 Å². The van der Waals surface area contributed by atoms with Gasteiger partial charge in [0.25, 0.3) is 0 Å². The zero-order valence-corrected chi connectivity index (χ0v) is 6.34. The lowest BCUT2D eigenvalue weighted by molar-refractivity contribution is 0.123. The Morgan fingerprint density at radius 1 is 1.64 bits per heavy atom. The van der Waals surface area contributed by atoms with Crippen molar-refractivity contribution in [3.63, 3.8) is 0 Å². The molecule has 1 atom stereocenters. The van der Waals surface area contributed by atoms with E-state index >= 15 is 0 Å². The van der Waals surface area contributed by atoms with E-state index in [0.717, 1.165) is 12.8 Å². The van der Waals surface area contributed by atoms with E-state index in [2.05, 4.69) is 23.8 Å². The normalized spacial score (nSPS) is 21.2. The van der Waals surface area contributed by atoms with Crippen LogP contribution in [0, 0.1) is 24.2 Å². The van der Waals surface area contributed by atoms with Gasteiger partial charge >= 0.3 is 0 Å². The van der Waals surface area contributed by atoms with Gasteiger partial charge in [-0.2, -0.15) is 0 Å². The van der Waals surface area contributed by atoms with Crippen LogP contribution < -0.4 is 0 Å². The topological polar surface area (TPSA) is 9.23 Å². The molecule has 1 unspecified atom stereocenters. The average Bonchev–Trinajstić information content (AvgIpc) is 2.28. The zero-order chi connectivity index (χ0) is 7.94. The molecule has 0 heterocycles. The maximum absolute atomic E-state index is 5.25. The molecule has 0 aliphatic heterocycles. The van der Waals surface area contributed by atoms with E-state index in [1.54, 1.807) is 0 Å². The predicted octanol–water partition coefficient (Wildman–Crippen LogP) is 1.36. The molecule has 0 aromatic heterocycles. The van der Waals surface area contributed by atoms with Crippen molar-refractivity contribution >= 4 is 0 Å². The minimum Gasteiger partial charge on any atom is -0.353 e. The largest absolute Gasteiger partial charge is 0.353 e. The summed E-state index contributed by atoms with van der Waals surface area (Å²) in [6, 6.07) is 0. The molecular weight excluding hydrogens is 136 g/mol. The van der Waals surface area contributed by atoms with E-state index in [4.69, 9.17) is 11.2 Å². The molecule has 0 saturated heterocycles. The molecule has 0 amide bonds. The van der Waals surface area contributed by atoms with Gasteiger partial charge in [0.15, 0.2) is 0 Å². The molecule has 56 valence electrons. The highest BCUT2D eigenvalue weighted by Crippen LogP contribution is 2.02. The van der Waals surface area contributed by atoms with Crippen LogP contribution in [0.25, 0.3) is 0 Å². The first kappa shape index (κ1) is 7.92. The van der Waals surface area contributed by atoms with Gasteiger partial charge in [0, 0.05) is 12.8 Å². The fourth-order valence-electron chi connectivity index (χ4n) is 0.852. The summed E-state index contributed by atoms with van der Waals surface area (Å²) >= 11 is 0. The highest BCUT2D eigenvalue weighted by atomic mass is 16.5. The van der Waals surface area contributed by atoms with E-state index in [9.17, 15) is 0 Å². The van der Waals surface area contributed by atoms with Gasteiger partial charge in [-0.1, -0.05) is 29.9 Å². The van der Waals surface area contributed by atoms with Crippen molar-refractivity contribution in [3.05, 3.63) is 12.2 Å². The standard InChI is InChI=1S/C10H10O/c1-2-9-11-10-7-5-3-4-6-8-10/h1,3,5,10H,4,7,9H2. The lowest BCUT2D eigenvalue weighted by Gasteiger charge is -2.05. The molecule has 1 heteroatoms. The minimum atomic E-state index is 0.00444. The van der Waals surface area contributed by atoms with Crippen LogP contribution in [0.3, 0.4) is 0 Å². The van der Waals surface area contributed by atoms with Gasteiger partial charge in [0.2, 0.25) is 0 Å². The number of hydrogen-bond donors (Lipinski definition) is 0. The van der Waals surface area contributed by atoms with E-state index in [1.807, 2.05) is 6.08 Å². The summed E-state index contributed by atoms with van der Waals surface area (Å²) in [5, 5.41) is 0. The van der Waals surface area contributed by atoms with Crippen LogP contribution in [0.1, 0.15) is 12.8 Å². The lowest BCUT2D eigenvalue weighted by atomic mass is 10.2. The van der Waals surface area contributed by atoms with Crippen molar-refractivity contribution < 1.29 is 4.74 Å². The first-order valence-electron chi connectivity index (χ1n) is 3.62. The fourth-order valence-corrected chi connectivity index (χ4v) is 0.852. The maximum atomic E-state index is 5.25. The van der Waals surface area contributed by atoms with Gasteiger partial charge in [0.05, 0.1) is 0 Å². The van der Waals surface area contributed by atoms with E-state index in [0.29, 0.717) is 6.61 Å². The van der Waals surface area contributed by atoms with Crippen LogP contribution in [0.2, 0.25) is 0 Å². The predicted molar refractivity (Wildman–Crippen MR) is 44.7 cm³/mol. The van der Waals surface area contributed by atoms with Gasteiger partial charge in [-0.15, -0.1) is 6.42 Å². The van der Waals surface area contributed by atoms with E-state index < -0.39 is 0 Å². The minimum absolute atomic E-state index is 0.00444. The van der Waals surface area contributed by atoms with Crippen LogP contribution in [-0.2, 0) is 4.74 Å². The van der Waals surface area contributed by atoms with Crippen molar-refractivity contribution in [2.75, 3.05) is 6.61 Å². The summed E-state index contributed by atoms with van der Waals surface area (Å²) in [4.78, 5) is 0. The second kappa shape index (κ2) is 4.61. The van der Waals surface area contributed by atoms with Gasteiger partial charge in [0.1, 0.15) is 12.7 Å². The number of allylic oxidation sites excluding steroid dienone is 1. The monoisotopic (exact) mass is 146 g/mol. The Morgan fingerprint density at radius 2 is 2.55 bits per heavy atom. The molecule has 0 spiro atoms. The first-order chi connectivity index (χ1) is 5.43. The maximum Gasteiger partial charge on any atom is 0.122 e. The number of hydrogen-bond acceptors (Lipinski definition) is 1. The molecule has 1 aliphatic rings. The Morgan fingerprint density at radius 3 is 3.36 bits per heavy atom. The van der Waals surface area contributed by atoms with Gasteiger partial charge in [-0.05, 0) is 0 Å². The summed E-state index contributed by atoms with van der Waals surface area (Å²) in [6.45, 7) is 0.354. The van der Waals surface area contributed by atoms with Crippen molar-refractivity contribution in [1.82, 2.24) is 0 Å². The van der Waals surface area contributed by atoms with Gasteiger partial charge in [-0.3, -0.25) is 0 Å². The highest BCUT2D eigenvalue weighted by Gasteiger charge is 2.02. The van der Waals surface area contributed by atoms with Gasteiger partial charge in [-0.25, -0.2) is 0 Å². The molecule has 0 bridgehead atoms. The third-order valence-electron chi connectivity index (χ3n) is 1.37. The quantitative estimate of drug-likeness (QED) is 0.422. The van der Waals surface area contributed by atoms with E-state index in [-0.39, 0.29) is 6.10 Å². The van der Waals surface area contributed by atoms with Crippen LogP contribution in [0.4, 0.5) is 0 Å². The Hall–Kier alpha value is -1.18. The molecule has 0 fully saturated rings. The molecule has 1 nitrogen and oxygen atoms in total. The Bertz CT molecular complexity index is 234. The molecule has 0 radical (unpaired) electrons. The van der Waals surface area contributed by atoms with Crippen molar-refractivity contribution in [1.29, 1.82) is 0 Å². The van der Waals surface area contributed by atoms with Crippen molar-refractivity contribution in [2.24, 2.45) is 0 Å². The second-order valence-corrected chi connectivity index (χ2v) is 2.24. The summed E-state index contributed by atoms with van der Waals surface area (Å²) in [5.41, 5.74) is 0. The summed E-state index contributed by atoms with van der Waals surface area (Å²) in [6.07, 6.45) is 10.8.